The second-order valence-corrected chi connectivity index (χ2v) is 6.71. The number of allylic oxidation sites excluding steroid dienone is 2. The first-order chi connectivity index (χ1) is 14.8. The van der Waals surface area contributed by atoms with Crippen LogP contribution in [0.5, 0.6) is 5.75 Å². The molecule has 2 aromatic rings. The van der Waals surface area contributed by atoms with Gasteiger partial charge < -0.3 is 25.8 Å². The van der Waals surface area contributed by atoms with E-state index in [-0.39, 0.29) is 23.3 Å². The highest BCUT2D eigenvalue weighted by Gasteiger charge is 2.31. The van der Waals surface area contributed by atoms with Gasteiger partial charge in [0.25, 0.3) is 0 Å². The van der Waals surface area contributed by atoms with Crippen LogP contribution in [-0.2, 0) is 11.3 Å². The van der Waals surface area contributed by atoms with E-state index in [1.165, 1.54) is 18.2 Å². The molecule has 1 aliphatic rings. The minimum absolute atomic E-state index is 0.190. The molecular weight excluding hydrogens is 429 g/mol. The number of benzene rings is 2. The van der Waals surface area contributed by atoms with Gasteiger partial charge in [0, 0.05) is 29.2 Å². The van der Waals surface area contributed by atoms with Crippen LogP contribution in [0.1, 0.15) is 12.0 Å². The van der Waals surface area contributed by atoms with Gasteiger partial charge >= 0.3 is 6.36 Å². The van der Waals surface area contributed by atoms with Gasteiger partial charge in [0.05, 0.1) is 0 Å². The largest absolute Gasteiger partial charge is 0.573 e. The summed E-state index contributed by atoms with van der Waals surface area (Å²) in [6, 6.07) is 12.7. The maximum Gasteiger partial charge on any atom is 0.573 e. The zero-order valence-electron chi connectivity index (χ0n) is 16.1. The number of amidine groups is 1. The molecule has 1 aliphatic heterocycles. The van der Waals surface area contributed by atoms with Crippen LogP contribution >= 0.6 is 12.2 Å². The number of para-hydroxylation sites is 1. The molecule has 0 unspecified atom stereocenters. The smallest absolute Gasteiger partial charge is 0.485 e. The van der Waals surface area contributed by atoms with E-state index in [1.807, 2.05) is 30.4 Å². The average molecular weight is 448 g/mol. The Hall–Kier alpha value is -3.53. The average Bonchev–Trinajstić information content (AvgIpc) is 2.90. The van der Waals surface area contributed by atoms with Crippen LogP contribution in [0.4, 0.5) is 24.5 Å². The van der Waals surface area contributed by atoms with Crippen LogP contribution in [-0.4, -0.2) is 17.3 Å². The van der Waals surface area contributed by atoms with Crippen LogP contribution in [0.15, 0.2) is 77.6 Å². The summed E-state index contributed by atoms with van der Waals surface area (Å²) >= 11 is 5.29. The lowest BCUT2D eigenvalue weighted by atomic mass is 10.2. The molecule has 0 aliphatic carbocycles. The molecule has 0 radical (unpaired) electrons. The van der Waals surface area contributed by atoms with Gasteiger partial charge in [0.2, 0.25) is 0 Å². The van der Waals surface area contributed by atoms with E-state index in [9.17, 15) is 13.2 Å². The maximum atomic E-state index is 12.4. The van der Waals surface area contributed by atoms with Crippen LogP contribution in [0, 0.1) is 0 Å². The summed E-state index contributed by atoms with van der Waals surface area (Å²) in [6.45, 7) is 0.211. The molecule has 0 saturated carbocycles. The van der Waals surface area contributed by atoms with Gasteiger partial charge in [0.15, 0.2) is 16.7 Å². The van der Waals surface area contributed by atoms with E-state index in [1.54, 1.807) is 18.3 Å². The SMILES string of the molecule is NC1=NC=CCC=C1OCc1ccccc1NC(=S)Nc1cccc(OC(F)(F)F)c1. The Balaban J connectivity index is 1.63. The van der Waals surface area contributed by atoms with Crippen molar-refractivity contribution >= 4 is 34.5 Å². The van der Waals surface area contributed by atoms with Crippen molar-refractivity contribution < 1.29 is 22.6 Å². The molecule has 31 heavy (non-hydrogen) atoms. The third-order valence-electron chi connectivity index (χ3n) is 3.99. The van der Waals surface area contributed by atoms with Crippen LogP contribution < -0.4 is 21.1 Å². The number of nitrogens with zero attached hydrogens (tertiary/aromatic N) is 1. The summed E-state index contributed by atoms with van der Waals surface area (Å²) in [7, 11) is 0. The monoisotopic (exact) mass is 448 g/mol. The molecule has 0 amide bonds. The van der Waals surface area contributed by atoms with Gasteiger partial charge in [-0.15, -0.1) is 13.2 Å². The predicted molar refractivity (Wildman–Crippen MR) is 118 cm³/mol. The van der Waals surface area contributed by atoms with E-state index in [0.717, 1.165) is 5.56 Å². The highest BCUT2D eigenvalue weighted by atomic mass is 32.1. The summed E-state index contributed by atoms with van der Waals surface area (Å²) in [5.74, 6) is 0.429. The van der Waals surface area contributed by atoms with Gasteiger partial charge in [-0.05, 0) is 42.9 Å². The number of anilines is 2. The quantitative estimate of drug-likeness (QED) is 0.536. The zero-order valence-corrected chi connectivity index (χ0v) is 17.0. The first-order valence-corrected chi connectivity index (χ1v) is 9.54. The van der Waals surface area contributed by atoms with Crippen molar-refractivity contribution in [3.63, 3.8) is 0 Å². The number of nitrogens with one attached hydrogen (secondary N) is 2. The first kappa shape index (κ1) is 22.2. The number of hydrogen-bond donors (Lipinski definition) is 3. The number of thiocarbonyl (C=S) groups is 1. The van der Waals surface area contributed by atoms with Crippen molar-refractivity contribution in [3.8, 4) is 5.75 Å². The Morgan fingerprint density at radius 3 is 2.74 bits per heavy atom. The Morgan fingerprint density at radius 2 is 1.94 bits per heavy atom. The van der Waals surface area contributed by atoms with Crippen LogP contribution in [0.3, 0.4) is 0 Å². The Labute approximate surface area is 182 Å². The summed E-state index contributed by atoms with van der Waals surface area (Å²) in [6.07, 6.45) is 1.20. The molecule has 10 heteroatoms. The van der Waals surface area contributed by atoms with Gasteiger partial charge in [-0.1, -0.05) is 30.3 Å². The second kappa shape index (κ2) is 9.98. The van der Waals surface area contributed by atoms with Crippen molar-refractivity contribution in [2.24, 2.45) is 10.7 Å². The topological polar surface area (TPSA) is 80.9 Å². The molecule has 3 rings (SSSR count). The summed E-state index contributed by atoms with van der Waals surface area (Å²) in [5.41, 5.74) is 7.69. The molecule has 0 fully saturated rings. The lowest BCUT2D eigenvalue weighted by Crippen LogP contribution is -2.21. The number of halogens is 3. The summed E-state index contributed by atoms with van der Waals surface area (Å²) in [4.78, 5) is 4.06. The zero-order chi connectivity index (χ0) is 22.3. The first-order valence-electron chi connectivity index (χ1n) is 9.13. The molecule has 0 spiro atoms. The van der Waals surface area contributed by atoms with E-state index in [4.69, 9.17) is 22.7 Å². The lowest BCUT2D eigenvalue weighted by Gasteiger charge is -2.16. The standard InChI is InChI=1S/C21H19F3N4O2S/c22-21(23,24)30-16-8-5-7-15(12-16)27-20(31)28-17-9-2-1-6-14(17)13-29-18-10-3-4-11-26-19(18)25/h1-2,4-12H,3,13H2,(H2,25,26)(H2,27,28,31). The van der Waals surface area contributed by atoms with E-state index in [2.05, 4.69) is 20.4 Å². The number of nitrogens with two attached hydrogens (primary N) is 1. The highest BCUT2D eigenvalue weighted by molar-refractivity contribution is 7.80. The fourth-order valence-electron chi connectivity index (χ4n) is 2.65. The fraction of sp³-hybridized carbons (Fsp3) is 0.143. The fourth-order valence-corrected chi connectivity index (χ4v) is 2.88. The lowest BCUT2D eigenvalue weighted by molar-refractivity contribution is -0.274. The second-order valence-electron chi connectivity index (χ2n) is 6.30. The number of alkyl halides is 3. The normalized spacial score (nSPS) is 13.5. The van der Waals surface area contributed by atoms with Gasteiger partial charge in [-0.3, -0.25) is 0 Å². The van der Waals surface area contributed by atoms with Gasteiger partial charge in [-0.25, -0.2) is 4.99 Å². The summed E-state index contributed by atoms with van der Waals surface area (Å²) in [5, 5.41) is 6.05. The predicted octanol–water partition coefficient (Wildman–Crippen LogP) is 5.07. The summed E-state index contributed by atoms with van der Waals surface area (Å²) < 4.78 is 46.9. The molecule has 2 aromatic carbocycles. The third-order valence-corrected chi connectivity index (χ3v) is 4.19. The van der Waals surface area contributed by atoms with Gasteiger partial charge in [0.1, 0.15) is 12.4 Å². The highest BCUT2D eigenvalue weighted by Crippen LogP contribution is 2.25. The van der Waals surface area contributed by atoms with E-state index >= 15 is 0 Å². The Kier molecular flexibility index (Phi) is 7.14. The molecule has 162 valence electrons. The van der Waals surface area contributed by atoms with Crippen LogP contribution in [0.2, 0.25) is 0 Å². The minimum atomic E-state index is -4.77. The van der Waals surface area contributed by atoms with E-state index in [0.29, 0.717) is 23.6 Å². The van der Waals surface area contributed by atoms with Crippen molar-refractivity contribution in [2.45, 2.75) is 19.4 Å². The van der Waals surface area contributed by atoms with Crippen molar-refractivity contribution in [3.05, 3.63) is 78.2 Å². The Bertz CT molecular complexity index is 1040. The maximum absolute atomic E-state index is 12.4. The van der Waals surface area contributed by atoms with Crippen molar-refractivity contribution in [1.82, 2.24) is 0 Å². The Morgan fingerprint density at radius 1 is 1.13 bits per heavy atom. The molecule has 0 saturated heterocycles. The van der Waals surface area contributed by atoms with Crippen molar-refractivity contribution in [2.75, 3.05) is 10.6 Å². The van der Waals surface area contributed by atoms with Crippen LogP contribution in [0.25, 0.3) is 0 Å². The third kappa shape index (κ3) is 7.03. The minimum Gasteiger partial charge on any atom is -0.485 e. The number of hydrogen-bond acceptors (Lipinski definition) is 5. The molecular formula is C21H19F3N4O2S. The van der Waals surface area contributed by atoms with Crippen molar-refractivity contribution in [1.29, 1.82) is 0 Å². The molecule has 0 aromatic heterocycles. The number of ether oxygens (including phenoxy) is 2. The number of aliphatic imine (C=N–C) groups is 1. The van der Waals surface area contributed by atoms with E-state index < -0.39 is 6.36 Å². The molecule has 6 nitrogen and oxygen atoms in total. The molecule has 4 N–H and O–H groups in total. The molecule has 1 heterocycles. The van der Waals surface area contributed by atoms with Gasteiger partial charge in [-0.2, -0.15) is 0 Å². The molecule has 0 atom stereocenters. The molecule has 0 bridgehead atoms. The number of rotatable bonds is 6.